The second-order valence-corrected chi connectivity index (χ2v) is 5.09. The molecule has 0 bridgehead atoms. The van der Waals surface area contributed by atoms with E-state index in [4.69, 9.17) is 5.26 Å². The predicted molar refractivity (Wildman–Crippen MR) is 73.1 cm³/mol. The molecule has 102 valence electrons. The van der Waals surface area contributed by atoms with Gasteiger partial charge in [-0.15, -0.1) is 0 Å². The van der Waals surface area contributed by atoms with Gasteiger partial charge in [-0.2, -0.15) is 5.26 Å². The molecule has 1 fully saturated rings. The minimum Gasteiger partial charge on any atom is -0.318 e. The Labute approximate surface area is 114 Å². The molecule has 3 nitrogen and oxygen atoms in total. The van der Waals surface area contributed by atoms with Gasteiger partial charge in [0.05, 0.1) is 11.6 Å². The summed E-state index contributed by atoms with van der Waals surface area (Å²) in [6.45, 7) is 2.62. The van der Waals surface area contributed by atoms with Gasteiger partial charge in [0.15, 0.2) is 0 Å². The van der Waals surface area contributed by atoms with Crippen LogP contribution in [0.4, 0.5) is 4.39 Å². The van der Waals surface area contributed by atoms with Crippen molar-refractivity contribution in [3.8, 4) is 6.07 Å². The van der Waals surface area contributed by atoms with Crippen molar-refractivity contribution in [3.05, 3.63) is 35.1 Å². The summed E-state index contributed by atoms with van der Waals surface area (Å²) in [7, 11) is 1.95. The number of likely N-dealkylation sites (N-methyl/N-ethyl adjacent to an activating group) is 1. The molecule has 1 atom stereocenters. The first-order valence-electron chi connectivity index (χ1n) is 6.81. The molecule has 1 aliphatic rings. The van der Waals surface area contributed by atoms with Crippen LogP contribution in [-0.4, -0.2) is 31.1 Å². The van der Waals surface area contributed by atoms with Crippen molar-refractivity contribution in [1.29, 1.82) is 5.26 Å². The fourth-order valence-corrected chi connectivity index (χ4v) is 2.76. The summed E-state index contributed by atoms with van der Waals surface area (Å²) in [5.74, 6) is -0.267. The highest BCUT2D eigenvalue weighted by molar-refractivity contribution is 5.37. The molecule has 1 heterocycles. The van der Waals surface area contributed by atoms with Crippen LogP contribution < -0.4 is 5.32 Å². The normalized spacial score (nSPS) is 20.2. The van der Waals surface area contributed by atoms with Crippen molar-refractivity contribution < 1.29 is 4.39 Å². The van der Waals surface area contributed by atoms with Gasteiger partial charge in [0.1, 0.15) is 5.82 Å². The standard InChI is InChI=1S/C15H20FN3/c1-18-10-15-4-2-3-7-19(15)11-13-8-14(16)6-5-12(13)9-17/h5-6,8,15,18H,2-4,7,10-11H2,1H3. The largest absolute Gasteiger partial charge is 0.318 e. The molecule has 1 saturated heterocycles. The van der Waals surface area contributed by atoms with Crippen molar-refractivity contribution in [2.75, 3.05) is 20.1 Å². The van der Waals surface area contributed by atoms with Gasteiger partial charge in [-0.3, -0.25) is 4.90 Å². The third kappa shape index (κ3) is 3.52. The Morgan fingerprint density at radius 2 is 2.32 bits per heavy atom. The molecule has 1 aliphatic heterocycles. The first-order chi connectivity index (χ1) is 9.24. The second-order valence-electron chi connectivity index (χ2n) is 5.09. The van der Waals surface area contributed by atoms with Crippen molar-refractivity contribution in [2.45, 2.75) is 31.8 Å². The van der Waals surface area contributed by atoms with E-state index < -0.39 is 0 Å². The number of halogens is 1. The fourth-order valence-electron chi connectivity index (χ4n) is 2.76. The smallest absolute Gasteiger partial charge is 0.123 e. The topological polar surface area (TPSA) is 39.1 Å². The van der Waals surface area contributed by atoms with Crippen LogP contribution in [-0.2, 0) is 6.54 Å². The van der Waals surface area contributed by atoms with Crippen LogP contribution in [0.5, 0.6) is 0 Å². The minimum absolute atomic E-state index is 0.267. The van der Waals surface area contributed by atoms with Gasteiger partial charge in [-0.1, -0.05) is 6.42 Å². The molecule has 4 heteroatoms. The first kappa shape index (κ1) is 14.0. The summed E-state index contributed by atoms with van der Waals surface area (Å²) in [5, 5.41) is 12.3. The highest BCUT2D eigenvalue weighted by atomic mass is 19.1. The lowest BCUT2D eigenvalue weighted by Crippen LogP contribution is -2.44. The third-order valence-electron chi connectivity index (χ3n) is 3.75. The Morgan fingerprint density at radius 1 is 1.47 bits per heavy atom. The molecule has 1 aromatic carbocycles. The Balaban J connectivity index is 2.14. The van der Waals surface area contributed by atoms with Gasteiger partial charge >= 0.3 is 0 Å². The summed E-state index contributed by atoms with van der Waals surface area (Å²) in [6.07, 6.45) is 3.59. The third-order valence-corrected chi connectivity index (χ3v) is 3.75. The Morgan fingerprint density at radius 3 is 3.05 bits per heavy atom. The van der Waals surface area contributed by atoms with E-state index in [-0.39, 0.29) is 5.82 Å². The SMILES string of the molecule is CNCC1CCCCN1Cc1cc(F)ccc1C#N. The van der Waals surface area contributed by atoms with Gasteiger partial charge in [0, 0.05) is 19.1 Å². The molecule has 0 saturated carbocycles. The van der Waals surface area contributed by atoms with E-state index in [1.165, 1.54) is 25.0 Å². The maximum absolute atomic E-state index is 13.3. The molecule has 1 unspecified atom stereocenters. The van der Waals surface area contributed by atoms with Crippen molar-refractivity contribution in [2.24, 2.45) is 0 Å². The maximum atomic E-state index is 13.3. The number of benzene rings is 1. The molecule has 0 spiro atoms. The fraction of sp³-hybridized carbons (Fsp3) is 0.533. The van der Waals surface area contributed by atoms with E-state index in [0.717, 1.165) is 25.1 Å². The molecular weight excluding hydrogens is 241 g/mol. The molecule has 1 aromatic rings. The van der Waals surface area contributed by atoms with Crippen LogP contribution in [0.15, 0.2) is 18.2 Å². The lowest BCUT2D eigenvalue weighted by Gasteiger charge is -2.35. The summed E-state index contributed by atoms with van der Waals surface area (Å²) >= 11 is 0. The highest BCUT2D eigenvalue weighted by Gasteiger charge is 2.22. The number of hydrogen-bond donors (Lipinski definition) is 1. The van der Waals surface area contributed by atoms with Gasteiger partial charge in [-0.05, 0) is 50.2 Å². The zero-order chi connectivity index (χ0) is 13.7. The molecule has 0 amide bonds. The second kappa shape index (κ2) is 6.65. The summed E-state index contributed by atoms with van der Waals surface area (Å²) in [6, 6.07) is 7.04. The molecule has 2 rings (SSSR count). The van der Waals surface area contributed by atoms with Gasteiger partial charge in [0.25, 0.3) is 0 Å². The Bertz CT molecular complexity index is 465. The average molecular weight is 261 g/mol. The average Bonchev–Trinajstić information content (AvgIpc) is 2.42. The van der Waals surface area contributed by atoms with Gasteiger partial charge in [-0.25, -0.2) is 4.39 Å². The molecule has 0 aliphatic carbocycles. The van der Waals surface area contributed by atoms with Crippen LogP contribution in [0.3, 0.4) is 0 Å². The van der Waals surface area contributed by atoms with Gasteiger partial charge < -0.3 is 5.32 Å². The van der Waals surface area contributed by atoms with Crippen molar-refractivity contribution in [1.82, 2.24) is 10.2 Å². The Kier molecular flexibility index (Phi) is 4.89. The molecule has 0 radical (unpaired) electrons. The van der Waals surface area contributed by atoms with Crippen LogP contribution in [0.25, 0.3) is 0 Å². The van der Waals surface area contributed by atoms with E-state index in [1.807, 2.05) is 7.05 Å². The quantitative estimate of drug-likeness (QED) is 0.903. The van der Waals surface area contributed by atoms with E-state index in [9.17, 15) is 4.39 Å². The van der Waals surface area contributed by atoms with E-state index >= 15 is 0 Å². The summed E-state index contributed by atoms with van der Waals surface area (Å²) in [4.78, 5) is 2.36. The summed E-state index contributed by atoms with van der Waals surface area (Å²) in [5.41, 5.74) is 1.38. The monoisotopic (exact) mass is 261 g/mol. The maximum Gasteiger partial charge on any atom is 0.123 e. The lowest BCUT2D eigenvalue weighted by atomic mass is 10.00. The van der Waals surface area contributed by atoms with E-state index in [0.29, 0.717) is 18.2 Å². The van der Waals surface area contributed by atoms with Crippen molar-refractivity contribution in [3.63, 3.8) is 0 Å². The zero-order valence-electron chi connectivity index (χ0n) is 11.3. The van der Waals surface area contributed by atoms with Crippen LogP contribution in [0, 0.1) is 17.1 Å². The number of nitrogens with zero attached hydrogens (tertiary/aromatic N) is 2. The number of likely N-dealkylation sites (tertiary alicyclic amines) is 1. The van der Waals surface area contributed by atoms with Crippen LogP contribution in [0.2, 0.25) is 0 Å². The van der Waals surface area contributed by atoms with Gasteiger partial charge in [0.2, 0.25) is 0 Å². The van der Waals surface area contributed by atoms with E-state index in [1.54, 1.807) is 6.07 Å². The number of rotatable bonds is 4. The molecular formula is C15H20FN3. The number of piperidine rings is 1. The molecule has 19 heavy (non-hydrogen) atoms. The first-order valence-corrected chi connectivity index (χ1v) is 6.81. The molecule has 1 N–H and O–H groups in total. The van der Waals surface area contributed by atoms with Crippen LogP contribution >= 0.6 is 0 Å². The highest BCUT2D eigenvalue weighted by Crippen LogP contribution is 2.21. The zero-order valence-corrected chi connectivity index (χ0v) is 11.3. The summed E-state index contributed by atoms with van der Waals surface area (Å²) < 4.78 is 13.3. The number of hydrogen-bond acceptors (Lipinski definition) is 3. The number of nitrogens with one attached hydrogen (secondary N) is 1. The Hall–Kier alpha value is -1.44. The predicted octanol–water partition coefficient (Wildman–Crippen LogP) is 2.27. The molecule has 0 aromatic heterocycles. The number of nitriles is 1. The van der Waals surface area contributed by atoms with Crippen LogP contribution in [0.1, 0.15) is 30.4 Å². The van der Waals surface area contributed by atoms with E-state index in [2.05, 4.69) is 16.3 Å². The van der Waals surface area contributed by atoms with Crippen molar-refractivity contribution >= 4 is 0 Å². The minimum atomic E-state index is -0.267. The lowest BCUT2D eigenvalue weighted by molar-refractivity contribution is 0.139.